The zero-order valence-electron chi connectivity index (χ0n) is 15.3. The lowest BCUT2D eigenvalue weighted by Crippen LogP contribution is -2.29. The fourth-order valence-electron chi connectivity index (χ4n) is 2.51. The molecule has 0 fully saturated rings. The lowest BCUT2D eigenvalue weighted by molar-refractivity contribution is -0.384. The molecule has 0 aliphatic heterocycles. The first-order valence-electron chi connectivity index (χ1n) is 8.32. The third-order valence-corrected chi connectivity index (χ3v) is 5.64. The maximum Gasteiger partial charge on any atom is 0.350 e. The molecule has 0 aliphatic rings. The van der Waals surface area contributed by atoms with Crippen LogP contribution >= 0.6 is 22.9 Å². The van der Waals surface area contributed by atoms with Gasteiger partial charge in [-0.2, -0.15) is 0 Å². The highest BCUT2D eigenvalue weighted by atomic mass is 35.5. The van der Waals surface area contributed by atoms with Crippen molar-refractivity contribution in [2.45, 2.75) is 13.0 Å². The third kappa shape index (κ3) is 4.47. The number of thiophene rings is 1. The molecule has 0 spiro atoms. The number of methoxy groups -OCH3 is 1. The van der Waals surface area contributed by atoms with Gasteiger partial charge in [0.1, 0.15) is 10.6 Å². The molecule has 150 valence electrons. The molecule has 0 aliphatic carbocycles. The molecule has 0 radical (unpaired) electrons. The van der Waals surface area contributed by atoms with E-state index in [-0.39, 0.29) is 21.3 Å². The Kier molecular flexibility index (Phi) is 6.00. The quantitative estimate of drug-likeness (QED) is 0.343. The number of fused-ring (bicyclic) bond motifs is 1. The standard InChI is InChI=1S/C19H15ClN2O6S/c1-10(18(23)21-11-4-3-5-12(8-11)22(25)26)28-19(24)17-16(20)14-7-6-13(27-2)9-15(14)29-17/h3-10H,1-2H3,(H,21,23). The highest BCUT2D eigenvalue weighted by molar-refractivity contribution is 7.21. The second-order valence-electron chi connectivity index (χ2n) is 5.95. The summed E-state index contributed by atoms with van der Waals surface area (Å²) in [5, 5.41) is 14.2. The van der Waals surface area contributed by atoms with Gasteiger partial charge in [0, 0.05) is 27.9 Å². The smallest absolute Gasteiger partial charge is 0.350 e. The number of amides is 1. The van der Waals surface area contributed by atoms with Crippen molar-refractivity contribution >= 4 is 56.3 Å². The summed E-state index contributed by atoms with van der Waals surface area (Å²) in [6.07, 6.45) is -1.14. The maximum atomic E-state index is 12.5. The molecular weight excluding hydrogens is 420 g/mol. The van der Waals surface area contributed by atoms with Crippen molar-refractivity contribution in [1.82, 2.24) is 0 Å². The largest absolute Gasteiger partial charge is 0.497 e. The Morgan fingerprint density at radius 2 is 2.00 bits per heavy atom. The number of esters is 1. The molecule has 29 heavy (non-hydrogen) atoms. The summed E-state index contributed by atoms with van der Waals surface area (Å²) in [5.74, 6) is -0.741. The minimum Gasteiger partial charge on any atom is -0.497 e. The van der Waals surface area contributed by atoms with Crippen LogP contribution in [0.5, 0.6) is 5.75 Å². The summed E-state index contributed by atoms with van der Waals surface area (Å²) >= 11 is 7.42. The number of rotatable bonds is 6. The first kappa shape index (κ1) is 20.6. The van der Waals surface area contributed by atoms with Crippen LogP contribution in [0.1, 0.15) is 16.6 Å². The monoisotopic (exact) mass is 434 g/mol. The van der Waals surface area contributed by atoms with Gasteiger partial charge < -0.3 is 14.8 Å². The number of benzene rings is 2. The van der Waals surface area contributed by atoms with Crippen molar-refractivity contribution in [3.8, 4) is 5.75 Å². The van der Waals surface area contributed by atoms with E-state index in [2.05, 4.69) is 5.32 Å². The first-order valence-corrected chi connectivity index (χ1v) is 9.52. The summed E-state index contributed by atoms with van der Waals surface area (Å²) in [7, 11) is 1.53. The summed E-state index contributed by atoms with van der Waals surface area (Å²) in [5.41, 5.74) is 0.0546. The molecule has 10 heteroatoms. The fourth-order valence-corrected chi connectivity index (χ4v) is 3.93. The number of halogens is 1. The van der Waals surface area contributed by atoms with Crippen LogP contribution in [-0.4, -0.2) is 30.0 Å². The number of hydrogen-bond acceptors (Lipinski definition) is 7. The summed E-state index contributed by atoms with van der Waals surface area (Å²) in [6, 6.07) is 10.7. The zero-order valence-corrected chi connectivity index (χ0v) is 16.9. The molecule has 0 saturated heterocycles. The van der Waals surface area contributed by atoms with Crippen LogP contribution < -0.4 is 10.1 Å². The van der Waals surface area contributed by atoms with E-state index in [0.29, 0.717) is 11.1 Å². The molecule has 1 N–H and O–H groups in total. The molecule has 0 saturated carbocycles. The number of non-ortho nitro benzene ring substituents is 1. The number of hydrogen-bond donors (Lipinski definition) is 1. The fraction of sp³-hybridized carbons (Fsp3) is 0.158. The van der Waals surface area contributed by atoms with E-state index in [1.807, 2.05) is 0 Å². The van der Waals surface area contributed by atoms with Crippen molar-refractivity contribution in [2.75, 3.05) is 12.4 Å². The molecule has 1 heterocycles. The van der Waals surface area contributed by atoms with Crippen molar-refractivity contribution in [1.29, 1.82) is 0 Å². The van der Waals surface area contributed by atoms with Crippen LogP contribution in [0.4, 0.5) is 11.4 Å². The predicted octanol–water partition coefficient (Wildman–Crippen LogP) is 4.66. The number of nitro groups is 1. The number of carbonyl (C=O) groups excluding carboxylic acids is 2. The molecule has 1 amide bonds. The van der Waals surface area contributed by atoms with Gasteiger partial charge >= 0.3 is 5.97 Å². The zero-order chi connectivity index (χ0) is 21.1. The average molecular weight is 435 g/mol. The van der Waals surface area contributed by atoms with E-state index >= 15 is 0 Å². The van der Waals surface area contributed by atoms with E-state index in [1.54, 1.807) is 18.2 Å². The van der Waals surface area contributed by atoms with Gasteiger partial charge in [-0.25, -0.2) is 4.79 Å². The van der Waals surface area contributed by atoms with Crippen LogP contribution in [0.15, 0.2) is 42.5 Å². The van der Waals surface area contributed by atoms with Crippen LogP contribution in [0.3, 0.4) is 0 Å². The van der Waals surface area contributed by atoms with Gasteiger partial charge in [-0.15, -0.1) is 11.3 Å². The van der Waals surface area contributed by atoms with Crippen molar-refractivity contribution < 1.29 is 24.0 Å². The van der Waals surface area contributed by atoms with Gasteiger partial charge in [0.05, 0.1) is 17.1 Å². The van der Waals surface area contributed by atoms with E-state index in [4.69, 9.17) is 21.1 Å². The molecule has 8 nitrogen and oxygen atoms in total. The SMILES string of the molecule is COc1ccc2c(Cl)c(C(=O)OC(C)C(=O)Nc3cccc([N+](=O)[O-])c3)sc2c1. The lowest BCUT2D eigenvalue weighted by atomic mass is 10.2. The molecule has 3 aromatic rings. The van der Waals surface area contributed by atoms with Crippen LogP contribution in [0, 0.1) is 10.1 Å². The highest BCUT2D eigenvalue weighted by Gasteiger charge is 2.24. The Hall–Kier alpha value is -3.17. The number of anilines is 1. The Morgan fingerprint density at radius 3 is 2.69 bits per heavy atom. The molecular formula is C19H15ClN2O6S. The van der Waals surface area contributed by atoms with Gasteiger partial charge in [-0.3, -0.25) is 14.9 Å². The van der Waals surface area contributed by atoms with Crippen LogP contribution in [0.25, 0.3) is 10.1 Å². The minimum atomic E-state index is -1.14. The van der Waals surface area contributed by atoms with Gasteiger partial charge in [-0.1, -0.05) is 17.7 Å². The van der Waals surface area contributed by atoms with Gasteiger partial charge in [0.25, 0.3) is 11.6 Å². The Balaban J connectivity index is 1.72. The number of nitrogens with one attached hydrogen (secondary N) is 1. The molecule has 0 bridgehead atoms. The van der Waals surface area contributed by atoms with Crippen molar-refractivity contribution in [2.24, 2.45) is 0 Å². The minimum absolute atomic E-state index is 0.167. The van der Waals surface area contributed by atoms with Crippen molar-refractivity contribution in [3.63, 3.8) is 0 Å². The van der Waals surface area contributed by atoms with E-state index in [0.717, 1.165) is 16.0 Å². The van der Waals surface area contributed by atoms with Gasteiger partial charge in [0.2, 0.25) is 0 Å². The average Bonchev–Trinajstić information content (AvgIpc) is 3.04. The predicted molar refractivity (Wildman–Crippen MR) is 110 cm³/mol. The van der Waals surface area contributed by atoms with Gasteiger partial charge in [0.15, 0.2) is 6.10 Å². The summed E-state index contributed by atoms with van der Waals surface area (Å²) in [6.45, 7) is 1.40. The summed E-state index contributed by atoms with van der Waals surface area (Å²) in [4.78, 5) is 35.2. The molecule has 2 aromatic carbocycles. The van der Waals surface area contributed by atoms with E-state index < -0.39 is 22.9 Å². The number of ether oxygens (including phenoxy) is 2. The molecule has 3 rings (SSSR count). The lowest BCUT2D eigenvalue weighted by Gasteiger charge is -2.13. The number of nitrogens with zero attached hydrogens (tertiary/aromatic N) is 1. The Bertz CT molecular complexity index is 1110. The number of carbonyl (C=O) groups is 2. The first-order chi connectivity index (χ1) is 13.8. The Labute approximate surface area is 174 Å². The van der Waals surface area contributed by atoms with Crippen LogP contribution in [-0.2, 0) is 9.53 Å². The number of nitro benzene ring substituents is 1. The topological polar surface area (TPSA) is 108 Å². The third-order valence-electron chi connectivity index (χ3n) is 4.00. The van der Waals surface area contributed by atoms with Crippen molar-refractivity contribution in [3.05, 3.63) is 62.5 Å². The maximum absolute atomic E-state index is 12.5. The molecule has 1 unspecified atom stereocenters. The molecule has 1 aromatic heterocycles. The van der Waals surface area contributed by atoms with Crippen LogP contribution in [0.2, 0.25) is 5.02 Å². The van der Waals surface area contributed by atoms with E-state index in [9.17, 15) is 19.7 Å². The van der Waals surface area contributed by atoms with Gasteiger partial charge in [-0.05, 0) is 31.2 Å². The Morgan fingerprint density at radius 1 is 1.24 bits per heavy atom. The normalized spacial score (nSPS) is 11.7. The summed E-state index contributed by atoms with van der Waals surface area (Å²) < 4.78 is 11.1. The highest BCUT2D eigenvalue weighted by Crippen LogP contribution is 2.37. The van der Waals surface area contributed by atoms with E-state index in [1.165, 1.54) is 38.3 Å². The second kappa shape index (κ2) is 8.46. The second-order valence-corrected chi connectivity index (χ2v) is 7.38. The molecule has 1 atom stereocenters.